The summed E-state index contributed by atoms with van der Waals surface area (Å²) in [6, 6.07) is 37.9. The molecule has 13 nitrogen and oxygen atoms in total. The van der Waals surface area contributed by atoms with Gasteiger partial charge in [0, 0.05) is 74.5 Å². The summed E-state index contributed by atoms with van der Waals surface area (Å²) in [5, 5.41) is 0. The zero-order valence-electron chi connectivity index (χ0n) is 47.3. The molecule has 5 amide bonds. The zero-order valence-corrected chi connectivity index (χ0v) is 50.3. The van der Waals surface area contributed by atoms with Crippen LogP contribution in [0.2, 0.25) is 0 Å². The molecule has 0 radical (unpaired) electrons. The van der Waals surface area contributed by atoms with Crippen molar-refractivity contribution < 1.29 is 43.5 Å². The summed E-state index contributed by atoms with van der Waals surface area (Å²) in [4.78, 5) is 96.3. The minimum Gasteiger partial charge on any atom is -0.657 e. The molecule has 0 atom stereocenters. The van der Waals surface area contributed by atoms with Gasteiger partial charge in [0.15, 0.2) is 0 Å². The summed E-state index contributed by atoms with van der Waals surface area (Å²) < 4.78 is 0. The molecule has 406 valence electrons. The van der Waals surface area contributed by atoms with Gasteiger partial charge in [0.2, 0.25) is 5.91 Å². The van der Waals surface area contributed by atoms with E-state index >= 15 is 0 Å². The third-order valence-corrected chi connectivity index (χ3v) is 15.8. The van der Waals surface area contributed by atoms with Crippen molar-refractivity contribution in [3.63, 3.8) is 0 Å². The molecular formula is C67H66N8O5Zn. The number of benzene rings is 4. The third-order valence-electron chi connectivity index (χ3n) is 15.8. The Hall–Kier alpha value is -8.35. The van der Waals surface area contributed by atoms with Crippen LogP contribution in [0.25, 0.3) is 90.9 Å². The first-order valence-electron chi connectivity index (χ1n) is 28.0. The first-order valence-corrected chi connectivity index (χ1v) is 28.0. The van der Waals surface area contributed by atoms with Crippen molar-refractivity contribution in [2.24, 2.45) is 5.92 Å². The zero-order chi connectivity index (χ0) is 56.2. The van der Waals surface area contributed by atoms with Crippen LogP contribution in [0.5, 0.6) is 0 Å². The van der Waals surface area contributed by atoms with Crippen LogP contribution in [-0.4, -0.2) is 105 Å². The molecule has 0 N–H and O–H groups in total. The monoisotopic (exact) mass is 1130 g/mol. The summed E-state index contributed by atoms with van der Waals surface area (Å²) in [6.07, 6.45) is 11.4. The number of carbonyl (C=O) groups excluding carboxylic acids is 5. The minimum atomic E-state index is -0.363. The number of rotatable bonds is 15. The van der Waals surface area contributed by atoms with E-state index in [-0.39, 0.29) is 54.9 Å². The van der Waals surface area contributed by atoms with Crippen LogP contribution < -0.4 is 9.97 Å². The van der Waals surface area contributed by atoms with E-state index in [1.54, 1.807) is 33.9 Å². The van der Waals surface area contributed by atoms with Gasteiger partial charge in [-0.3, -0.25) is 28.9 Å². The third kappa shape index (κ3) is 11.4. The van der Waals surface area contributed by atoms with Gasteiger partial charge in [0.05, 0.1) is 22.8 Å². The molecule has 3 aliphatic rings. The number of hydrogen-bond donors (Lipinski definition) is 0. The second-order valence-corrected chi connectivity index (χ2v) is 20.3. The maximum absolute atomic E-state index is 13.9. The molecule has 14 heteroatoms. The fourth-order valence-electron chi connectivity index (χ4n) is 11.2. The van der Waals surface area contributed by atoms with Crippen LogP contribution in [0, 0.1) is 5.92 Å². The number of fused-ring (bicyclic) bond motifs is 8. The van der Waals surface area contributed by atoms with E-state index in [0.29, 0.717) is 112 Å². The number of aromatic nitrogens is 4. The Morgan fingerprint density at radius 2 is 0.642 bits per heavy atom. The Labute approximate surface area is 486 Å². The molecule has 4 aromatic carbocycles. The number of amides is 5. The van der Waals surface area contributed by atoms with Crippen molar-refractivity contribution in [1.82, 2.24) is 39.5 Å². The molecule has 0 spiro atoms. The Balaban J connectivity index is 0.00000792. The van der Waals surface area contributed by atoms with E-state index in [1.165, 1.54) is 4.90 Å². The van der Waals surface area contributed by atoms with E-state index in [2.05, 4.69) is 0 Å². The fraction of sp³-hybridized carbons (Fsp3) is 0.269. The minimum absolute atomic E-state index is 0. The largest absolute Gasteiger partial charge is 2.00 e. The van der Waals surface area contributed by atoms with Crippen molar-refractivity contribution in [2.75, 3.05) is 46.3 Å². The molecule has 5 heterocycles. The van der Waals surface area contributed by atoms with Crippen LogP contribution in [0.4, 0.5) is 0 Å². The molecule has 1 saturated carbocycles. The van der Waals surface area contributed by atoms with Gasteiger partial charge in [0.25, 0.3) is 23.6 Å². The summed E-state index contributed by atoms with van der Waals surface area (Å²) >= 11 is 0. The molecule has 7 aromatic rings. The summed E-state index contributed by atoms with van der Waals surface area (Å²) in [5.41, 5.74) is 13.2. The molecule has 10 rings (SSSR count). The van der Waals surface area contributed by atoms with Crippen molar-refractivity contribution in [2.45, 2.75) is 67.2 Å². The smallest absolute Gasteiger partial charge is 0.657 e. The molecule has 0 unspecified atom stereocenters. The molecule has 2 aliphatic heterocycles. The van der Waals surface area contributed by atoms with Gasteiger partial charge in [-0.05, 0) is 172 Å². The summed E-state index contributed by atoms with van der Waals surface area (Å²) in [7, 11) is 1.57. The molecule has 3 aromatic heterocycles. The van der Waals surface area contributed by atoms with E-state index in [1.807, 2.05) is 175 Å². The quantitative estimate of drug-likeness (QED) is 0.0721. The average Bonchev–Trinajstić information content (AvgIpc) is 4.51. The first kappa shape index (κ1) is 57.3. The molecular weight excluding hydrogens is 1060 g/mol. The van der Waals surface area contributed by atoms with Crippen molar-refractivity contribution in [3.8, 4) is 44.5 Å². The summed E-state index contributed by atoms with van der Waals surface area (Å²) in [5.74, 6) is -0.814. The number of hydrogen-bond acceptors (Lipinski definition) is 7. The Kier molecular flexibility index (Phi) is 17.7. The SMILES string of the molecule is CCN(CC)C(=O)c1ccc(-c2c3nc(c(-c4ccc(C(=O)N(CC)CC)cc4)c4ccc([n-]4)c(-c4ccc(C(=O)N(C)C(=O)C5CCCC5)cc4)c4nc(c(-c5ccc(C(=O)N(CC)CC)cc5)c5ccc2[n-]5)C=C4)C=C3)cc1.[Zn+2]. The van der Waals surface area contributed by atoms with E-state index in [4.69, 9.17) is 19.9 Å². The molecule has 81 heavy (non-hydrogen) atoms. The predicted octanol–water partition coefficient (Wildman–Crippen LogP) is 12.8. The van der Waals surface area contributed by atoms with Gasteiger partial charge < -0.3 is 24.7 Å². The second kappa shape index (κ2) is 25.0. The summed E-state index contributed by atoms with van der Waals surface area (Å²) in [6.45, 7) is 15.3. The van der Waals surface area contributed by atoms with Crippen molar-refractivity contribution >= 4 is 75.9 Å². The Bertz CT molecular complexity index is 3680. The average molecular weight is 1130 g/mol. The van der Waals surface area contributed by atoms with Gasteiger partial charge in [-0.25, -0.2) is 9.97 Å². The molecule has 1 fully saturated rings. The van der Waals surface area contributed by atoms with Gasteiger partial charge >= 0.3 is 19.5 Å². The maximum atomic E-state index is 13.9. The predicted molar refractivity (Wildman–Crippen MR) is 319 cm³/mol. The van der Waals surface area contributed by atoms with Crippen LogP contribution in [0.3, 0.4) is 0 Å². The maximum Gasteiger partial charge on any atom is 2.00 e. The van der Waals surface area contributed by atoms with Crippen molar-refractivity contribution in [3.05, 3.63) is 166 Å². The second-order valence-electron chi connectivity index (χ2n) is 20.3. The molecule has 8 bridgehead atoms. The van der Waals surface area contributed by atoms with E-state index < -0.39 is 0 Å². The van der Waals surface area contributed by atoms with Crippen molar-refractivity contribution in [1.29, 1.82) is 0 Å². The van der Waals surface area contributed by atoms with Crippen LogP contribution in [-0.2, 0) is 24.3 Å². The topological polar surface area (TPSA) is 152 Å². The first-order chi connectivity index (χ1) is 38.9. The van der Waals surface area contributed by atoms with Gasteiger partial charge in [-0.1, -0.05) is 85.6 Å². The Morgan fingerprint density at radius 3 is 0.889 bits per heavy atom. The van der Waals surface area contributed by atoms with E-state index in [9.17, 15) is 24.0 Å². The normalized spacial score (nSPS) is 12.7. The number of nitrogens with zero attached hydrogens (tertiary/aromatic N) is 8. The van der Waals surface area contributed by atoms with Gasteiger partial charge in [0.1, 0.15) is 0 Å². The van der Waals surface area contributed by atoms with Gasteiger partial charge in [-0.15, -0.1) is 22.1 Å². The van der Waals surface area contributed by atoms with Gasteiger partial charge in [-0.2, -0.15) is 0 Å². The fourth-order valence-corrected chi connectivity index (χ4v) is 11.2. The standard InChI is InChI=1S/C67H67N8O5.Zn/c1-8-73(9-2)65(78)48-28-20-43(21-29-48)60-53-36-34-51(68-53)59(42-18-26-47(27-19-42)64(77)72(7)63(76)46-16-14-15-17-46)52-35-37-54(69-52)61(44-22-30-49(31-23-44)66(79)74(10-3)11-4)56-39-41-58(71-56)62(57-40-38-55(60)70-57)45-24-32-50(33-25-45)67(80)75(12-5)13-6;/h18-41,46H,8-17H2,1-7H3,(H-,68,69,70,71,77,78,79,80);/q-1;+2/p-1. The number of imide groups is 1. The molecule has 1 aliphatic carbocycles. The van der Waals surface area contributed by atoms with Crippen LogP contribution >= 0.6 is 0 Å². The molecule has 0 saturated heterocycles. The number of carbonyl (C=O) groups is 5. The van der Waals surface area contributed by atoms with E-state index in [0.717, 1.165) is 64.6 Å². The Morgan fingerprint density at radius 1 is 0.395 bits per heavy atom. The van der Waals surface area contributed by atoms with Crippen LogP contribution in [0.15, 0.2) is 121 Å². The van der Waals surface area contributed by atoms with Crippen LogP contribution in [0.1, 0.15) is 131 Å².